The Balaban J connectivity index is 1.84. The zero-order valence-electron chi connectivity index (χ0n) is 15.7. The summed E-state index contributed by atoms with van der Waals surface area (Å²) >= 11 is 0. The lowest BCUT2D eigenvalue weighted by Gasteiger charge is -2.29. The molecule has 9 nitrogen and oxygen atoms in total. The Morgan fingerprint density at radius 1 is 1.10 bits per heavy atom. The Bertz CT molecular complexity index is 1080. The number of nitrogens with zero attached hydrogens (tertiary/aromatic N) is 4. The van der Waals surface area contributed by atoms with Crippen molar-refractivity contribution in [3.63, 3.8) is 0 Å². The maximum atomic E-state index is 13.2. The molecule has 0 spiro atoms. The van der Waals surface area contributed by atoms with Gasteiger partial charge in [0.1, 0.15) is 5.75 Å². The van der Waals surface area contributed by atoms with Gasteiger partial charge in [-0.15, -0.1) is 0 Å². The van der Waals surface area contributed by atoms with Crippen molar-refractivity contribution in [3.05, 3.63) is 63.8 Å². The average Bonchev–Trinajstić information content (AvgIpc) is 2.78. The standard InChI is InChI=1S/C20H18N4O5/c1-28-15-5-2-13(3-6-15)19(25)18-20(23-8-10-29-11-9-23)22-16-7-4-14(24(26)27)12-17(16)21-18/h2-7,12H,8-11H2,1H3. The second kappa shape index (κ2) is 7.80. The molecule has 2 heterocycles. The van der Waals surface area contributed by atoms with Gasteiger partial charge in [-0.2, -0.15) is 0 Å². The number of non-ortho nitro benzene ring substituents is 1. The number of carbonyl (C=O) groups excluding carboxylic acids is 1. The zero-order chi connectivity index (χ0) is 20.4. The highest BCUT2D eigenvalue weighted by atomic mass is 16.6. The minimum absolute atomic E-state index is 0.103. The van der Waals surface area contributed by atoms with Crippen LogP contribution in [0.25, 0.3) is 11.0 Å². The SMILES string of the molecule is COc1ccc(C(=O)c2nc3cc([N+](=O)[O-])ccc3nc2N2CCOCC2)cc1. The fraction of sp³-hybridized carbons (Fsp3) is 0.250. The molecule has 1 aromatic heterocycles. The number of anilines is 1. The molecule has 0 amide bonds. The van der Waals surface area contributed by atoms with Gasteiger partial charge < -0.3 is 14.4 Å². The van der Waals surface area contributed by atoms with E-state index in [0.29, 0.717) is 54.5 Å². The van der Waals surface area contributed by atoms with Gasteiger partial charge >= 0.3 is 0 Å². The molecule has 29 heavy (non-hydrogen) atoms. The minimum atomic E-state index is -0.498. The molecule has 1 aliphatic heterocycles. The first-order valence-electron chi connectivity index (χ1n) is 9.04. The lowest BCUT2D eigenvalue weighted by molar-refractivity contribution is -0.384. The smallest absolute Gasteiger partial charge is 0.271 e. The molecule has 4 rings (SSSR count). The van der Waals surface area contributed by atoms with E-state index in [0.717, 1.165) is 0 Å². The van der Waals surface area contributed by atoms with E-state index >= 15 is 0 Å². The molecule has 1 fully saturated rings. The average molecular weight is 394 g/mol. The van der Waals surface area contributed by atoms with Crippen LogP contribution >= 0.6 is 0 Å². The lowest BCUT2D eigenvalue weighted by atomic mass is 10.1. The van der Waals surface area contributed by atoms with Crippen molar-refractivity contribution in [1.29, 1.82) is 0 Å². The zero-order valence-corrected chi connectivity index (χ0v) is 15.7. The van der Waals surface area contributed by atoms with Crippen molar-refractivity contribution >= 4 is 28.3 Å². The van der Waals surface area contributed by atoms with E-state index in [2.05, 4.69) is 9.97 Å². The number of rotatable bonds is 5. The molecule has 1 aliphatic rings. The fourth-order valence-corrected chi connectivity index (χ4v) is 3.17. The van der Waals surface area contributed by atoms with Gasteiger partial charge in [-0.05, 0) is 30.3 Å². The summed E-state index contributed by atoms with van der Waals surface area (Å²) in [6.45, 7) is 2.21. The van der Waals surface area contributed by atoms with E-state index < -0.39 is 4.92 Å². The first kappa shape index (κ1) is 18.8. The second-order valence-electron chi connectivity index (χ2n) is 6.48. The number of methoxy groups -OCH3 is 1. The van der Waals surface area contributed by atoms with Gasteiger partial charge in [0.2, 0.25) is 5.78 Å². The monoisotopic (exact) mass is 394 g/mol. The van der Waals surface area contributed by atoms with Crippen molar-refractivity contribution in [1.82, 2.24) is 9.97 Å². The van der Waals surface area contributed by atoms with Crippen LogP contribution in [-0.2, 0) is 4.74 Å². The molecular weight excluding hydrogens is 376 g/mol. The number of ether oxygens (including phenoxy) is 2. The molecule has 0 aliphatic carbocycles. The first-order chi connectivity index (χ1) is 14.1. The highest BCUT2D eigenvalue weighted by Gasteiger charge is 2.24. The Labute approximate surface area is 166 Å². The van der Waals surface area contributed by atoms with Crippen LogP contribution < -0.4 is 9.64 Å². The maximum Gasteiger partial charge on any atom is 0.271 e. The Morgan fingerprint density at radius 2 is 1.83 bits per heavy atom. The molecule has 0 radical (unpaired) electrons. The maximum absolute atomic E-state index is 13.2. The van der Waals surface area contributed by atoms with Crippen LogP contribution in [0.15, 0.2) is 42.5 Å². The summed E-state index contributed by atoms with van der Waals surface area (Å²) in [7, 11) is 1.55. The first-order valence-corrected chi connectivity index (χ1v) is 9.04. The summed E-state index contributed by atoms with van der Waals surface area (Å²) in [6.07, 6.45) is 0. The molecular formula is C20H18N4O5. The number of hydrogen-bond donors (Lipinski definition) is 0. The predicted octanol–water partition coefficient (Wildman–Crippen LogP) is 2.61. The quantitative estimate of drug-likeness (QED) is 0.369. The number of ketones is 1. The van der Waals surface area contributed by atoms with E-state index in [-0.39, 0.29) is 17.2 Å². The number of nitro groups is 1. The van der Waals surface area contributed by atoms with Crippen molar-refractivity contribution in [2.24, 2.45) is 0 Å². The molecule has 0 N–H and O–H groups in total. The third kappa shape index (κ3) is 3.72. The molecule has 148 valence electrons. The van der Waals surface area contributed by atoms with E-state index in [9.17, 15) is 14.9 Å². The molecule has 3 aromatic rings. The Morgan fingerprint density at radius 3 is 2.48 bits per heavy atom. The molecule has 0 saturated carbocycles. The number of morpholine rings is 1. The number of carbonyl (C=O) groups is 1. The van der Waals surface area contributed by atoms with Crippen LogP contribution in [-0.4, -0.2) is 54.1 Å². The fourth-order valence-electron chi connectivity index (χ4n) is 3.17. The van der Waals surface area contributed by atoms with Crippen LogP contribution in [0, 0.1) is 10.1 Å². The normalized spacial score (nSPS) is 14.0. The molecule has 0 bridgehead atoms. The van der Waals surface area contributed by atoms with Crippen molar-refractivity contribution in [2.45, 2.75) is 0 Å². The van der Waals surface area contributed by atoms with Crippen LogP contribution in [0.4, 0.5) is 11.5 Å². The van der Waals surface area contributed by atoms with E-state index in [1.165, 1.54) is 12.1 Å². The number of hydrogen-bond acceptors (Lipinski definition) is 8. The lowest BCUT2D eigenvalue weighted by Crippen LogP contribution is -2.38. The summed E-state index contributed by atoms with van der Waals surface area (Å²) in [5.74, 6) is 0.778. The Hall–Kier alpha value is -3.59. The largest absolute Gasteiger partial charge is 0.497 e. The van der Waals surface area contributed by atoms with Gasteiger partial charge in [-0.3, -0.25) is 14.9 Å². The van der Waals surface area contributed by atoms with E-state index in [4.69, 9.17) is 9.47 Å². The molecule has 0 unspecified atom stereocenters. The number of nitro benzene ring substituents is 1. The Kier molecular flexibility index (Phi) is 5.05. The van der Waals surface area contributed by atoms with Crippen LogP contribution in [0.2, 0.25) is 0 Å². The predicted molar refractivity (Wildman–Crippen MR) is 106 cm³/mol. The van der Waals surface area contributed by atoms with Gasteiger partial charge in [0, 0.05) is 30.8 Å². The van der Waals surface area contributed by atoms with Crippen LogP contribution in [0.5, 0.6) is 5.75 Å². The molecule has 0 atom stereocenters. The molecule has 9 heteroatoms. The number of fused-ring (bicyclic) bond motifs is 1. The number of aromatic nitrogens is 2. The highest BCUT2D eigenvalue weighted by molar-refractivity contribution is 6.11. The van der Waals surface area contributed by atoms with Crippen molar-refractivity contribution in [3.8, 4) is 5.75 Å². The highest BCUT2D eigenvalue weighted by Crippen LogP contribution is 2.26. The summed E-state index contributed by atoms with van der Waals surface area (Å²) in [5.41, 5.74) is 1.27. The number of benzene rings is 2. The van der Waals surface area contributed by atoms with Crippen molar-refractivity contribution < 1.29 is 19.2 Å². The summed E-state index contributed by atoms with van der Waals surface area (Å²) in [6, 6.07) is 11.0. The molecule has 2 aromatic carbocycles. The summed E-state index contributed by atoms with van der Waals surface area (Å²) in [4.78, 5) is 34.9. The topological polar surface area (TPSA) is 108 Å². The van der Waals surface area contributed by atoms with E-state index in [1.54, 1.807) is 37.4 Å². The van der Waals surface area contributed by atoms with Gasteiger partial charge in [-0.1, -0.05) is 0 Å². The van der Waals surface area contributed by atoms with Gasteiger partial charge in [0.15, 0.2) is 11.5 Å². The molecule has 1 saturated heterocycles. The van der Waals surface area contributed by atoms with Crippen LogP contribution in [0.1, 0.15) is 16.1 Å². The summed E-state index contributed by atoms with van der Waals surface area (Å²) in [5, 5.41) is 11.1. The second-order valence-corrected chi connectivity index (χ2v) is 6.48. The minimum Gasteiger partial charge on any atom is -0.497 e. The van der Waals surface area contributed by atoms with Gasteiger partial charge in [0.25, 0.3) is 5.69 Å². The third-order valence-corrected chi connectivity index (χ3v) is 4.72. The van der Waals surface area contributed by atoms with Crippen LogP contribution in [0.3, 0.4) is 0 Å². The third-order valence-electron chi connectivity index (χ3n) is 4.72. The summed E-state index contributed by atoms with van der Waals surface area (Å²) < 4.78 is 10.5. The van der Waals surface area contributed by atoms with Crippen molar-refractivity contribution in [2.75, 3.05) is 38.3 Å². The van der Waals surface area contributed by atoms with Gasteiger partial charge in [-0.25, -0.2) is 9.97 Å². The van der Waals surface area contributed by atoms with Gasteiger partial charge in [0.05, 0.1) is 36.3 Å². The van der Waals surface area contributed by atoms with E-state index in [1.807, 2.05) is 4.90 Å².